The lowest BCUT2D eigenvalue weighted by molar-refractivity contribution is 0.0938. The van der Waals surface area contributed by atoms with Gasteiger partial charge in [-0.15, -0.1) is 23.1 Å². The maximum absolute atomic E-state index is 13.7. The smallest absolute Gasteiger partial charge is 0.263 e. The van der Waals surface area contributed by atoms with E-state index < -0.39 is 0 Å². The van der Waals surface area contributed by atoms with Gasteiger partial charge >= 0.3 is 0 Å². The van der Waals surface area contributed by atoms with Crippen LogP contribution in [0.25, 0.3) is 10.6 Å². The summed E-state index contributed by atoms with van der Waals surface area (Å²) in [4.78, 5) is 19.0. The second-order valence-corrected chi connectivity index (χ2v) is 8.28. The zero-order valence-electron chi connectivity index (χ0n) is 14.2. The van der Waals surface area contributed by atoms with Gasteiger partial charge in [-0.25, -0.2) is 9.37 Å². The van der Waals surface area contributed by atoms with Crippen molar-refractivity contribution < 1.29 is 9.18 Å². The maximum atomic E-state index is 13.7. The molecule has 26 heavy (non-hydrogen) atoms. The maximum Gasteiger partial charge on any atom is 0.263 e. The second-order valence-electron chi connectivity index (χ2n) is 6.14. The molecule has 1 amide bonds. The molecule has 1 atom stereocenters. The lowest BCUT2D eigenvalue weighted by Gasteiger charge is -2.25. The molecular weight excluding hydrogens is 367 g/mol. The van der Waals surface area contributed by atoms with E-state index in [2.05, 4.69) is 10.3 Å². The Morgan fingerprint density at radius 1 is 1.23 bits per heavy atom. The number of thiazole rings is 1. The molecule has 0 radical (unpaired) electrons. The first-order valence-corrected chi connectivity index (χ1v) is 10.2. The van der Waals surface area contributed by atoms with E-state index in [4.69, 9.17) is 0 Å². The van der Waals surface area contributed by atoms with Gasteiger partial charge in [-0.3, -0.25) is 4.79 Å². The number of aromatic nitrogens is 1. The normalized spacial score (nSPS) is 16.2. The van der Waals surface area contributed by atoms with Gasteiger partial charge in [0, 0.05) is 16.2 Å². The van der Waals surface area contributed by atoms with Crippen LogP contribution in [0.4, 0.5) is 4.39 Å². The van der Waals surface area contributed by atoms with Crippen molar-refractivity contribution in [3.8, 4) is 10.6 Å². The molecule has 0 aliphatic carbocycles. The van der Waals surface area contributed by atoms with E-state index in [1.165, 1.54) is 23.5 Å². The number of carbonyl (C=O) groups excluding carboxylic acids is 1. The molecule has 2 heterocycles. The first-order chi connectivity index (χ1) is 12.6. The lowest BCUT2D eigenvalue weighted by atomic mass is 10.0. The molecule has 1 aliphatic heterocycles. The fourth-order valence-corrected chi connectivity index (χ4v) is 5.13. The van der Waals surface area contributed by atoms with E-state index in [0.717, 1.165) is 38.9 Å². The number of rotatable bonds is 3. The van der Waals surface area contributed by atoms with Crippen molar-refractivity contribution in [2.75, 3.05) is 5.75 Å². The van der Waals surface area contributed by atoms with Gasteiger partial charge in [-0.05, 0) is 37.1 Å². The van der Waals surface area contributed by atoms with Crippen LogP contribution in [0.5, 0.6) is 0 Å². The highest BCUT2D eigenvalue weighted by Gasteiger charge is 2.25. The number of benzene rings is 2. The minimum atomic E-state index is -0.272. The fraction of sp³-hybridized carbons (Fsp3) is 0.200. The van der Waals surface area contributed by atoms with Crippen LogP contribution in [0, 0.1) is 12.7 Å². The molecule has 0 fully saturated rings. The predicted octanol–water partition coefficient (Wildman–Crippen LogP) is 5.22. The van der Waals surface area contributed by atoms with Gasteiger partial charge < -0.3 is 5.32 Å². The standard InChI is InChI=1S/C20H17FN2OS2/c1-12-18(26-20(22-12)13-5-3-2-4-6-13)19(24)23-16-9-10-25-17-8-7-14(21)11-15(16)17/h2-8,11,16H,9-10H2,1H3,(H,23,24). The molecule has 4 rings (SSSR count). The van der Waals surface area contributed by atoms with Crippen LogP contribution in [0.2, 0.25) is 0 Å². The molecule has 0 saturated carbocycles. The number of halogens is 1. The van der Waals surface area contributed by atoms with Crippen LogP contribution in [-0.2, 0) is 0 Å². The highest BCUT2D eigenvalue weighted by molar-refractivity contribution is 7.99. The number of aryl methyl sites for hydroxylation is 1. The second kappa shape index (κ2) is 7.21. The molecule has 2 aromatic carbocycles. The van der Waals surface area contributed by atoms with E-state index in [0.29, 0.717) is 4.88 Å². The summed E-state index contributed by atoms with van der Waals surface area (Å²) in [6.45, 7) is 1.85. The van der Waals surface area contributed by atoms with Gasteiger partial charge in [0.2, 0.25) is 0 Å². The Hall–Kier alpha value is -2.18. The van der Waals surface area contributed by atoms with Gasteiger partial charge in [0.15, 0.2) is 0 Å². The molecule has 6 heteroatoms. The summed E-state index contributed by atoms with van der Waals surface area (Å²) in [6.07, 6.45) is 0.788. The molecule has 1 aromatic heterocycles. The zero-order chi connectivity index (χ0) is 18.1. The number of nitrogens with one attached hydrogen (secondary N) is 1. The van der Waals surface area contributed by atoms with E-state index in [1.54, 1.807) is 17.8 Å². The van der Waals surface area contributed by atoms with Crippen molar-refractivity contribution >= 4 is 29.0 Å². The Balaban J connectivity index is 1.59. The molecule has 3 aromatic rings. The summed E-state index contributed by atoms with van der Waals surface area (Å²) < 4.78 is 13.7. The first-order valence-electron chi connectivity index (χ1n) is 8.38. The summed E-state index contributed by atoms with van der Waals surface area (Å²) in [5, 5.41) is 3.91. The van der Waals surface area contributed by atoms with Crippen LogP contribution in [0.15, 0.2) is 53.4 Å². The van der Waals surface area contributed by atoms with Crippen LogP contribution in [0.1, 0.15) is 33.4 Å². The van der Waals surface area contributed by atoms with Gasteiger partial charge in [-0.2, -0.15) is 0 Å². The lowest BCUT2D eigenvalue weighted by Crippen LogP contribution is -2.30. The number of hydrogen-bond acceptors (Lipinski definition) is 4. The van der Waals surface area contributed by atoms with Crippen molar-refractivity contribution in [2.45, 2.75) is 24.3 Å². The summed E-state index contributed by atoms with van der Waals surface area (Å²) >= 11 is 3.09. The Kier molecular flexibility index (Phi) is 4.78. The highest BCUT2D eigenvalue weighted by Crippen LogP contribution is 2.37. The SMILES string of the molecule is Cc1nc(-c2ccccc2)sc1C(=O)NC1CCSc2ccc(F)cc21. The average molecular weight is 385 g/mol. The largest absolute Gasteiger partial charge is 0.344 e. The summed E-state index contributed by atoms with van der Waals surface area (Å²) in [5.74, 6) is 0.487. The van der Waals surface area contributed by atoms with Crippen molar-refractivity contribution in [1.82, 2.24) is 10.3 Å². The Morgan fingerprint density at radius 3 is 2.85 bits per heavy atom. The van der Waals surface area contributed by atoms with Crippen LogP contribution >= 0.6 is 23.1 Å². The fourth-order valence-electron chi connectivity index (χ4n) is 3.05. The Bertz CT molecular complexity index is 956. The quantitative estimate of drug-likeness (QED) is 0.673. The number of hydrogen-bond donors (Lipinski definition) is 1. The molecular formula is C20H17FN2OS2. The predicted molar refractivity (Wildman–Crippen MR) is 104 cm³/mol. The van der Waals surface area contributed by atoms with Gasteiger partial charge in [0.05, 0.1) is 11.7 Å². The molecule has 1 aliphatic rings. The minimum Gasteiger partial charge on any atom is -0.344 e. The molecule has 1 unspecified atom stereocenters. The number of amides is 1. The monoisotopic (exact) mass is 384 g/mol. The molecule has 0 spiro atoms. The van der Waals surface area contributed by atoms with Crippen LogP contribution in [-0.4, -0.2) is 16.6 Å². The Labute approximate surface area is 159 Å². The van der Waals surface area contributed by atoms with Crippen molar-refractivity contribution in [3.63, 3.8) is 0 Å². The van der Waals surface area contributed by atoms with E-state index in [-0.39, 0.29) is 17.8 Å². The van der Waals surface area contributed by atoms with Crippen molar-refractivity contribution in [2.24, 2.45) is 0 Å². The Morgan fingerprint density at radius 2 is 2.04 bits per heavy atom. The molecule has 0 saturated heterocycles. The van der Waals surface area contributed by atoms with E-state index in [1.807, 2.05) is 37.3 Å². The topological polar surface area (TPSA) is 42.0 Å². The van der Waals surface area contributed by atoms with E-state index >= 15 is 0 Å². The molecule has 0 bridgehead atoms. The first kappa shape index (κ1) is 17.2. The highest BCUT2D eigenvalue weighted by atomic mass is 32.2. The van der Waals surface area contributed by atoms with Gasteiger partial charge in [0.1, 0.15) is 15.7 Å². The molecule has 3 nitrogen and oxygen atoms in total. The third kappa shape index (κ3) is 3.39. The van der Waals surface area contributed by atoms with Crippen LogP contribution < -0.4 is 5.32 Å². The van der Waals surface area contributed by atoms with Crippen molar-refractivity contribution in [3.05, 3.63) is 70.5 Å². The zero-order valence-corrected chi connectivity index (χ0v) is 15.8. The number of nitrogens with zero attached hydrogens (tertiary/aromatic N) is 1. The number of fused-ring (bicyclic) bond motifs is 1. The number of carbonyl (C=O) groups is 1. The average Bonchev–Trinajstić information content (AvgIpc) is 3.05. The summed E-state index contributed by atoms with van der Waals surface area (Å²) in [6, 6.07) is 14.4. The molecule has 132 valence electrons. The van der Waals surface area contributed by atoms with Gasteiger partial charge in [-0.1, -0.05) is 30.3 Å². The van der Waals surface area contributed by atoms with Gasteiger partial charge in [0.25, 0.3) is 5.91 Å². The van der Waals surface area contributed by atoms with E-state index in [9.17, 15) is 9.18 Å². The van der Waals surface area contributed by atoms with Crippen molar-refractivity contribution in [1.29, 1.82) is 0 Å². The third-order valence-electron chi connectivity index (χ3n) is 4.34. The minimum absolute atomic E-state index is 0.144. The molecule has 1 N–H and O–H groups in total. The van der Waals surface area contributed by atoms with Crippen LogP contribution in [0.3, 0.4) is 0 Å². The summed E-state index contributed by atoms with van der Waals surface area (Å²) in [7, 11) is 0. The third-order valence-corrected chi connectivity index (χ3v) is 6.67. The number of thioether (sulfide) groups is 1. The summed E-state index contributed by atoms with van der Waals surface area (Å²) in [5.41, 5.74) is 2.58.